The van der Waals surface area contributed by atoms with Gasteiger partial charge in [0.1, 0.15) is 6.10 Å². The number of hydrogen-bond donors (Lipinski definition) is 1. The van der Waals surface area contributed by atoms with Crippen molar-refractivity contribution in [3.63, 3.8) is 0 Å². The molecular weight excluding hydrogens is 292 g/mol. The summed E-state index contributed by atoms with van der Waals surface area (Å²) in [6.07, 6.45) is 0.821. The van der Waals surface area contributed by atoms with Gasteiger partial charge in [0.25, 0.3) is 0 Å². The van der Waals surface area contributed by atoms with Crippen LogP contribution in [0.3, 0.4) is 0 Å². The molecule has 0 spiro atoms. The van der Waals surface area contributed by atoms with E-state index < -0.39 is 0 Å². The number of ether oxygens (including phenoxy) is 2. The minimum atomic E-state index is -0.204. The minimum Gasteiger partial charge on any atom is -0.459 e. The van der Waals surface area contributed by atoms with E-state index in [1.807, 2.05) is 19.1 Å². The molecule has 0 aliphatic carbocycles. The minimum absolute atomic E-state index is 0.0472. The number of nitrogens with zero attached hydrogens (tertiary/aromatic N) is 1. The molecule has 23 heavy (non-hydrogen) atoms. The summed E-state index contributed by atoms with van der Waals surface area (Å²) in [7, 11) is 0. The monoisotopic (exact) mass is 316 g/mol. The fourth-order valence-electron chi connectivity index (χ4n) is 3.92. The van der Waals surface area contributed by atoms with Crippen molar-refractivity contribution < 1.29 is 14.3 Å². The van der Waals surface area contributed by atoms with Crippen molar-refractivity contribution in [1.29, 1.82) is 0 Å². The van der Waals surface area contributed by atoms with E-state index in [2.05, 4.69) is 23.2 Å². The maximum atomic E-state index is 11.9. The Labute approximate surface area is 136 Å². The van der Waals surface area contributed by atoms with Gasteiger partial charge in [0.15, 0.2) is 0 Å². The predicted octanol–water partition coefficient (Wildman–Crippen LogP) is 1.52. The van der Waals surface area contributed by atoms with Crippen molar-refractivity contribution in [1.82, 2.24) is 10.2 Å². The first-order valence-electron chi connectivity index (χ1n) is 8.46. The first-order valence-corrected chi connectivity index (χ1v) is 8.46. The third-order valence-corrected chi connectivity index (χ3v) is 5.35. The topological polar surface area (TPSA) is 50.8 Å². The zero-order valence-electron chi connectivity index (χ0n) is 13.8. The second-order valence-corrected chi connectivity index (χ2v) is 7.26. The van der Waals surface area contributed by atoms with Gasteiger partial charge in [-0.2, -0.15) is 0 Å². The maximum absolute atomic E-state index is 11.9. The number of esters is 1. The predicted molar refractivity (Wildman–Crippen MR) is 86.6 cm³/mol. The van der Waals surface area contributed by atoms with Gasteiger partial charge < -0.3 is 14.8 Å². The largest absolute Gasteiger partial charge is 0.459 e. The average Bonchev–Trinajstić information content (AvgIpc) is 2.53. The number of rotatable bonds is 1. The molecule has 124 valence electrons. The third-order valence-electron chi connectivity index (χ3n) is 5.35. The van der Waals surface area contributed by atoms with Gasteiger partial charge >= 0.3 is 5.97 Å². The van der Waals surface area contributed by atoms with Crippen molar-refractivity contribution in [2.75, 3.05) is 32.8 Å². The molecule has 5 heteroatoms. The lowest BCUT2D eigenvalue weighted by Gasteiger charge is -2.50. The van der Waals surface area contributed by atoms with Crippen LogP contribution in [-0.4, -0.2) is 55.3 Å². The fourth-order valence-corrected chi connectivity index (χ4v) is 3.92. The van der Waals surface area contributed by atoms with E-state index in [1.165, 1.54) is 5.56 Å². The van der Waals surface area contributed by atoms with Crippen molar-refractivity contribution in [2.45, 2.75) is 38.0 Å². The van der Waals surface area contributed by atoms with Gasteiger partial charge in [0.2, 0.25) is 0 Å². The van der Waals surface area contributed by atoms with Crippen LogP contribution in [0.15, 0.2) is 18.2 Å². The Morgan fingerprint density at radius 1 is 1.39 bits per heavy atom. The molecular formula is C18H24N2O3. The number of nitrogens with one attached hydrogen (secondary N) is 1. The van der Waals surface area contributed by atoms with Crippen LogP contribution in [0, 0.1) is 0 Å². The molecule has 3 atom stereocenters. The number of morpholine rings is 1. The summed E-state index contributed by atoms with van der Waals surface area (Å²) >= 11 is 0. The summed E-state index contributed by atoms with van der Waals surface area (Å²) in [6, 6.07) is 6.06. The Morgan fingerprint density at radius 2 is 2.26 bits per heavy atom. The number of carbonyl (C=O) groups is 1. The highest BCUT2D eigenvalue weighted by atomic mass is 16.5. The quantitative estimate of drug-likeness (QED) is 0.796. The van der Waals surface area contributed by atoms with Crippen molar-refractivity contribution in [2.24, 2.45) is 0 Å². The molecule has 2 fully saturated rings. The van der Waals surface area contributed by atoms with Gasteiger partial charge in [0.05, 0.1) is 23.8 Å². The van der Waals surface area contributed by atoms with Gasteiger partial charge in [-0.3, -0.25) is 4.90 Å². The molecule has 0 radical (unpaired) electrons. The lowest BCUT2D eigenvalue weighted by molar-refractivity contribution is -0.115. The normalized spacial score (nSPS) is 34.4. The number of fused-ring (bicyclic) bond motifs is 2. The first-order chi connectivity index (χ1) is 11.0. The van der Waals surface area contributed by atoms with E-state index >= 15 is 0 Å². The van der Waals surface area contributed by atoms with Crippen LogP contribution in [0.5, 0.6) is 0 Å². The van der Waals surface area contributed by atoms with Crippen LogP contribution in [0.2, 0.25) is 0 Å². The van der Waals surface area contributed by atoms with Crippen LogP contribution < -0.4 is 5.32 Å². The lowest BCUT2D eigenvalue weighted by atomic mass is 9.91. The third kappa shape index (κ3) is 2.67. The smallest absolute Gasteiger partial charge is 0.338 e. The highest BCUT2D eigenvalue weighted by Crippen LogP contribution is 2.33. The van der Waals surface area contributed by atoms with Crippen molar-refractivity contribution >= 4 is 5.97 Å². The Balaban J connectivity index is 1.57. The number of cyclic esters (lactones) is 1. The number of hydrogen-bond acceptors (Lipinski definition) is 5. The summed E-state index contributed by atoms with van der Waals surface area (Å²) in [4.78, 5) is 14.5. The van der Waals surface area contributed by atoms with Gasteiger partial charge in [0, 0.05) is 32.6 Å². The standard InChI is InChI=1S/C18H24N2O3/c1-12-7-14-8-13(3-4-15(14)17(21)23-12)16-9-20-6-5-19-10-18(20,2)11-22-16/h3-4,8,12,16,19H,5-7,9-11H2,1-2H3. The molecule has 1 aromatic carbocycles. The van der Waals surface area contributed by atoms with E-state index in [1.54, 1.807) is 0 Å². The molecule has 4 rings (SSSR count). The van der Waals surface area contributed by atoms with Gasteiger partial charge in [-0.05, 0) is 31.0 Å². The number of carbonyl (C=O) groups excluding carboxylic acids is 1. The van der Waals surface area contributed by atoms with E-state index in [0.717, 1.165) is 44.8 Å². The maximum Gasteiger partial charge on any atom is 0.338 e. The van der Waals surface area contributed by atoms with Gasteiger partial charge in [-0.25, -0.2) is 4.79 Å². The van der Waals surface area contributed by atoms with Crippen LogP contribution in [-0.2, 0) is 15.9 Å². The van der Waals surface area contributed by atoms with Crippen molar-refractivity contribution in [3.8, 4) is 0 Å². The highest BCUT2D eigenvalue weighted by molar-refractivity contribution is 5.92. The molecule has 0 amide bonds. The Hall–Kier alpha value is -1.43. The molecule has 2 saturated heterocycles. The van der Waals surface area contributed by atoms with E-state index in [0.29, 0.717) is 5.56 Å². The van der Waals surface area contributed by atoms with Crippen LogP contribution >= 0.6 is 0 Å². The summed E-state index contributed by atoms with van der Waals surface area (Å²) < 4.78 is 11.5. The average molecular weight is 316 g/mol. The Bertz CT molecular complexity index is 633. The summed E-state index contributed by atoms with van der Waals surface area (Å²) in [5.74, 6) is -0.204. The number of piperazine rings is 1. The van der Waals surface area contributed by atoms with Crippen LogP contribution in [0.4, 0.5) is 0 Å². The van der Waals surface area contributed by atoms with E-state index in [-0.39, 0.29) is 23.7 Å². The Morgan fingerprint density at radius 3 is 3.13 bits per heavy atom. The molecule has 0 aromatic heterocycles. The highest BCUT2D eigenvalue weighted by Gasteiger charge is 2.40. The zero-order valence-corrected chi connectivity index (χ0v) is 13.8. The fraction of sp³-hybridized carbons (Fsp3) is 0.611. The van der Waals surface area contributed by atoms with E-state index in [9.17, 15) is 4.79 Å². The Kier molecular flexibility index (Phi) is 3.67. The molecule has 3 heterocycles. The van der Waals surface area contributed by atoms with Crippen molar-refractivity contribution in [3.05, 3.63) is 34.9 Å². The molecule has 1 N–H and O–H groups in total. The molecule has 3 unspecified atom stereocenters. The summed E-state index contributed by atoms with van der Waals surface area (Å²) in [5.41, 5.74) is 3.06. The molecule has 5 nitrogen and oxygen atoms in total. The number of benzene rings is 1. The molecule has 3 aliphatic rings. The molecule has 0 bridgehead atoms. The van der Waals surface area contributed by atoms with Gasteiger partial charge in [-0.15, -0.1) is 0 Å². The second-order valence-electron chi connectivity index (χ2n) is 7.26. The first kappa shape index (κ1) is 15.1. The van der Waals surface area contributed by atoms with Crippen LogP contribution in [0.1, 0.15) is 41.4 Å². The summed E-state index contributed by atoms with van der Waals surface area (Å²) in [5, 5.41) is 3.46. The zero-order chi connectivity index (χ0) is 16.0. The SMILES string of the molecule is CC1Cc2cc(C3CN4CCNCC4(C)CO3)ccc2C(=O)O1. The lowest BCUT2D eigenvalue weighted by Crippen LogP contribution is -2.65. The molecule has 0 saturated carbocycles. The molecule has 1 aromatic rings. The van der Waals surface area contributed by atoms with E-state index in [4.69, 9.17) is 9.47 Å². The van der Waals surface area contributed by atoms with Gasteiger partial charge in [-0.1, -0.05) is 12.1 Å². The van der Waals surface area contributed by atoms with Crippen LogP contribution in [0.25, 0.3) is 0 Å². The second kappa shape index (κ2) is 5.58. The molecule has 3 aliphatic heterocycles. The summed E-state index contributed by atoms with van der Waals surface area (Å²) in [6.45, 7) is 8.93.